The van der Waals surface area contributed by atoms with Gasteiger partial charge in [-0.05, 0) is 43.5 Å². The molecule has 2 fully saturated rings. The van der Waals surface area contributed by atoms with Gasteiger partial charge in [0.25, 0.3) is 5.56 Å². The maximum absolute atomic E-state index is 13.5. The lowest BCUT2D eigenvalue weighted by molar-refractivity contribution is -0.143. The summed E-state index contributed by atoms with van der Waals surface area (Å²) in [6.07, 6.45) is 6.47. The quantitative estimate of drug-likeness (QED) is 0.691. The highest BCUT2D eigenvalue weighted by atomic mass is 16.3. The molecule has 2 aliphatic heterocycles. The third-order valence-corrected chi connectivity index (χ3v) is 7.69. The number of rotatable bonds is 6. The van der Waals surface area contributed by atoms with Gasteiger partial charge < -0.3 is 19.9 Å². The Labute approximate surface area is 199 Å². The minimum Gasteiger partial charge on any atom is -0.396 e. The van der Waals surface area contributed by atoms with E-state index in [1.807, 2.05) is 60.4 Å². The average Bonchev–Trinajstić information content (AvgIpc) is 3.05. The molecule has 7 nitrogen and oxygen atoms in total. The molecule has 2 N–H and O–H groups in total. The second-order valence-corrected chi connectivity index (χ2v) is 9.53. The summed E-state index contributed by atoms with van der Waals surface area (Å²) in [5, 5.41) is 13.2. The molecule has 2 aromatic rings. The van der Waals surface area contributed by atoms with E-state index in [1.165, 1.54) is 0 Å². The van der Waals surface area contributed by atoms with Gasteiger partial charge in [-0.15, -0.1) is 0 Å². The molecule has 178 valence electrons. The molecule has 1 saturated heterocycles. The fourth-order valence-corrected chi connectivity index (χ4v) is 5.76. The number of amides is 2. The van der Waals surface area contributed by atoms with Gasteiger partial charge in [0, 0.05) is 42.8 Å². The molecule has 1 aliphatic carbocycles. The summed E-state index contributed by atoms with van der Waals surface area (Å²) >= 11 is 0. The number of nitrogens with zero attached hydrogens (tertiary/aromatic N) is 2. The van der Waals surface area contributed by atoms with Crippen molar-refractivity contribution >= 4 is 24.0 Å². The molecule has 2 bridgehead atoms. The molecular weight excluding hydrogens is 430 g/mol. The standard InChI is InChI=1S/C27H31N3O4/c1-2-28-25(32)23-20(16-31)22-15-29-21(24(23)30(22)27(34)18-9-6-10-18)14-13-19(26(29)33)12-11-17-7-4-3-5-8-17/h3-5,7-8,11-14,18,20,22-24,31H,2,6,9-10,15-16H2,1H3,(H,28,32)/b12-11+/t20-,22-,23+,24+/m1/s1. The Morgan fingerprint density at radius 1 is 1.12 bits per heavy atom. The number of carbonyl (C=O) groups excluding carboxylic acids is 2. The Morgan fingerprint density at radius 2 is 1.88 bits per heavy atom. The Kier molecular flexibility index (Phi) is 6.13. The Bertz CT molecular complexity index is 1170. The molecule has 1 aromatic carbocycles. The van der Waals surface area contributed by atoms with Crippen LogP contribution in [0.1, 0.15) is 49.0 Å². The Hall–Kier alpha value is -3.19. The predicted octanol–water partition coefficient (Wildman–Crippen LogP) is 2.45. The topological polar surface area (TPSA) is 91.6 Å². The smallest absolute Gasteiger partial charge is 0.258 e. The van der Waals surface area contributed by atoms with Crippen molar-refractivity contribution in [3.63, 3.8) is 0 Å². The van der Waals surface area contributed by atoms with Gasteiger partial charge in [0.2, 0.25) is 11.8 Å². The number of fused-ring (bicyclic) bond motifs is 4. The number of carbonyl (C=O) groups is 2. The van der Waals surface area contributed by atoms with Crippen molar-refractivity contribution in [1.29, 1.82) is 0 Å². The SMILES string of the molecule is CCNC(=O)[C@H]1[C@H](CO)[C@H]2Cn3c(ccc(/C=C/c4ccccc4)c3=O)[C@@H]1N2C(=O)C1CCC1. The number of nitrogens with one attached hydrogen (secondary N) is 1. The van der Waals surface area contributed by atoms with E-state index in [2.05, 4.69) is 5.32 Å². The summed E-state index contributed by atoms with van der Waals surface area (Å²) in [4.78, 5) is 41.9. The highest BCUT2D eigenvalue weighted by molar-refractivity contribution is 5.85. The van der Waals surface area contributed by atoms with Gasteiger partial charge in [0.15, 0.2) is 0 Å². The Morgan fingerprint density at radius 3 is 2.53 bits per heavy atom. The minimum atomic E-state index is -0.585. The number of aromatic nitrogens is 1. The van der Waals surface area contributed by atoms with E-state index in [1.54, 1.807) is 10.6 Å². The molecule has 4 atom stereocenters. The van der Waals surface area contributed by atoms with Gasteiger partial charge in [0.05, 0.1) is 18.0 Å². The second kappa shape index (κ2) is 9.22. The summed E-state index contributed by atoms with van der Waals surface area (Å²) in [6, 6.07) is 12.5. The molecule has 3 aliphatic rings. The van der Waals surface area contributed by atoms with Crippen LogP contribution in [0, 0.1) is 17.8 Å². The van der Waals surface area contributed by atoms with Crippen molar-refractivity contribution in [2.24, 2.45) is 17.8 Å². The lowest BCUT2D eigenvalue weighted by atomic mass is 9.83. The minimum absolute atomic E-state index is 0.0244. The van der Waals surface area contributed by atoms with Crippen LogP contribution in [0.2, 0.25) is 0 Å². The monoisotopic (exact) mass is 461 g/mol. The molecule has 0 unspecified atom stereocenters. The zero-order valence-electron chi connectivity index (χ0n) is 19.4. The van der Waals surface area contributed by atoms with E-state index in [0.29, 0.717) is 17.8 Å². The van der Waals surface area contributed by atoms with Crippen LogP contribution in [0.3, 0.4) is 0 Å². The maximum Gasteiger partial charge on any atom is 0.258 e. The third kappa shape index (κ3) is 3.68. The summed E-state index contributed by atoms with van der Waals surface area (Å²) in [6.45, 7) is 2.41. The van der Waals surface area contributed by atoms with E-state index in [4.69, 9.17) is 0 Å². The molecule has 1 aromatic heterocycles. The van der Waals surface area contributed by atoms with Crippen LogP contribution in [-0.4, -0.2) is 45.6 Å². The predicted molar refractivity (Wildman–Crippen MR) is 130 cm³/mol. The first-order valence-electron chi connectivity index (χ1n) is 12.2. The van der Waals surface area contributed by atoms with E-state index < -0.39 is 17.9 Å². The summed E-state index contributed by atoms with van der Waals surface area (Å²) in [5.41, 5.74) is 2.10. The first-order chi connectivity index (χ1) is 16.5. The van der Waals surface area contributed by atoms with Crippen LogP contribution < -0.4 is 10.9 Å². The lowest BCUT2D eigenvalue weighted by Gasteiger charge is -2.41. The molecule has 2 amide bonds. The molecule has 1 saturated carbocycles. The molecule has 34 heavy (non-hydrogen) atoms. The number of aliphatic hydroxyl groups is 1. The average molecular weight is 462 g/mol. The van der Waals surface area contributed by atoms with Crippen molar-refractivity contribution in [2.75, 3.05) is 13.2 Å². The number of hydrogen-bond acceptors (Lipinski definition) is 4. The van der Waals surface area contributed by atoms with E-state index >= 15 is 0 Å². The number of aliphatic hydroxyl groups excluding tert-OH is 1. The largest absolute Gasteiger partial charge is 0.396 e. The van der Waals surface area contributed by atoms with Crippen LogP contribution in [0.4, 0.5) is 0 Å². The van der Waals surface area contributed by atoms with Gasteiger partial charge >= 0.3 is 0 Å². The van der Waals surface area contributed by atoms with Gasteiger partial charge in [-0.1, -0.05) is 42.8 Å². The highest BCUT2D eigenvalue weighted by Crippen LogP contribution is 2.50. The highest BCUT2D eigenvalue weighted by Gasteiger charge is 2.58. The first kappa shape index (κ1) is 22.6. The van der Waals surface area contributed by atoms with Crippen LogP contribution in [-0.2, 0) is 16.1 Å². The number of benzene rings is 1. The maximum atomic E-state index is 13.5. The van der Waals surface area contributed by atoms with Gasteiger partial charge in [-0.25, -0.2) is 0 Å². The summed E-state index contributed by atoms with van der Waals surface area (Å²) in [7, 11) is 0. The number of hydrogen-bond donors (Lipinski definition) is 2. The fraction of sp³-hybridized carbons (Fsp3) is 0.444. The van der Waals surface area contributed by atoms with E-state index in [0.717, 1.165) is 24.8 Å². The normalized spacial score (nSPS) is 25.8. The summed E-state index contributed by atoms with van der Waals surface area (Å²) in [5.74, 6) is -1.14. The van der Waals surface area contributed by atoms with Crippen LogP contribution in [0.25, 0.3) is 12.2 Å². The van der Waals surface area contributed by atoms with Gasteiger partial charge in [-0.3, -0.25) is 14.4 Å². The first-order valence-corrected chi connectivity index (χ1v) is 12.2. The summed E-state index contributed by atoms with van der Waals surface area (Å²) < 4.78 is 1.71. The van der Waals surface area contributed by atoms with Gasteiger partial charge in [-0.2, -0.15) is 0 Å². The third-order valence-electron chi connectivity index (χ3n) is 7.69. The van der Waals surface area contributed by atoms with E-state index in [-0.39, 0.29) is 42.5 Å². The van der Waals surface area contributed by atoms with Crippen molar-refractivity contribution in [2.45, 2.75) is 44.8 Å². The Balaban J connectivity index is 1.57. The zero-order valence-corrected chi connectivity index (χ0v) is 19.4. The fourth-order valence-electron chi connectivity index (χ4n) is 5.76. The molecular formula is C27H31N3O4. The van der Waals surface area contributed by atoms with Crippen molar-refractivity contribution in [3.05, 3.63) is 69.6 Å². The second-order valence-electron chi connectivity index (χ2n) is 9.53. The molecule has 0 radical (unpaired) electrons. The van der Waals surface area contributed by atoms with Gasteiger partial charge in [0.1, 0.15) is 0 Å². The molecule has 0 spiro atoms. The van der Waals surface area contributed by atoms with Crippen LogP contribution >= 0.6 is 0 Å². The molecule has 5 rings (SSSR count). The lowest BCUT2D eigenvalue weighted by Crippen LogP contribution is -2.51. The van der Waals surface area contributed by atoms with Crippen LogP contribution in [0.15, 0.2) is 47.3 Å². The van der Waals surface area contributed by atoms with Crippen molar-refractivity contribution < 1.29 is 14.7 Å². The molecule has 3 heterocycles. The van der Waals surface area contributed by atoms with Crippen molar-refractivity contribution in [3.8, 4) is 0 Å². The molecule has 7 heteroatoms. The van der Waals surface area contributed by atoms with Crippen molar-refractivity contribution in [1.82, 2.24) is 14.8 Å². The number of pyridine rings is 1. The zero-order chi connectivity index (χ0) is 23.8. The van der Waals surface area contributed by atoms with E-state index in [9.17, 15) is 19.5 Å². The van der Waals surface area contributed by atoms with Crippen LogP contribution in [0.5, 0.6) is 0 Å².